The second kappa shape index (κ2) is 41.1. The fraction of sp³-hybridized carbons (Fsp3) is 0.615. The van der Waals surface area contributed by atoms with E-state index in [1.165, 1.54) is 91.5 Å². The van der Waals surface area contributed by atoms with Crippen LogP contribution in [0.15, 0.2) is 58.8 Å². The molecule has 322 valence electrons. The summed E-state index contributed by atoms with van der Waals surface area (Å²) in [6.45, 7) is 4.48. The molecule has 11 nitrogen and oxygen atoms in total. The summed E-state index contributed by atoms with van der Waals surface area (Å²) in [5, 5.41) is 7.62. The number of rotatable bonds is 26. The molecule has 3 rings (SSSR count). The van der Waals surface area contributed by atoms with Crippen LogP contribution in [0.3, 0.4) is 0 Å². The third-order valence-corrected chi connectivity index (χ3v) is 14.6. The SMILES string of the molecule is CCCCCCCS.CCCCCCCSSCCC(=O)NC.CNC(=O)CCSSc1ccccn1.O=C(CCSSc1ccccn1)ON1C(=O)CCC1=O. The van der Waals surface area contributed by atoms with Crippen LogP contribution in [0.1, 0.15) is 110 Å². The number of carbonyl (C=O) groups is 5. The summed E-state index contributed by atoms with van der Waals surface area (Å²) < 4.78 is 0. The van der Waals surface area contributed by atoms with Crippen LogP contribution in [0.4, 0.5) is 0 Å². The Labute approximate surface area is 370 Å². The third-order valence-electron chi connectivity index (χ3n) is 7.21. The molecular formula is C39H63N5O6S7. The number of carbonyl (C=O) groups excluding carboxylic acids is 5. The standard InChI is InChI=1S/C12H12N2O4S2.C11H23NOS2.C9H12N2OS2.C7H16S/c15-10-4-5-11(16)14(10)18-12(17)6-8-19-20-9-3-1-2-7-13-9;1-3-4-5-6-7-9-14-15-10-8-11(13)12-2;1-10-8(12)5-7-13-14-9-4-2-3-6-11-9;1-2-3-4-5-6-7-8/h1-3,7H,4-6,8H2;3-10H2,1-2H3,(H,12,13);2-4,6H,5,7H2,1H3,(H,10,12);8H,2-7H2,1H3. The van der Waals surface area contributed by atoms with Gasteiger partial charge in [-0.15, -0.1) is 5.06 Å². The van der Waals surface area contributed by atoms with Crippen molar-refractivity contribution in [3.63, 3.8) is 0 Å². The highest BCUT2D eigenvalue weighted by Gasteiger charge is 2.32. The van der Waals surface area contributed by atoms with Gasteiger partial charge >= 0.3 is 5.97 Å². The Bertz CT molecular complexity index is 1300. The molecular weight excluding hydrogens is 859 g/mol. The molecule has 4 amide bonds. The van der Waals surface area contributed by atoms with E-state index < -0.39 is 17.8 Å². The summed E-state index contributed by atoms with van der Waals surface area (Å²) in [5.41, 5.74) is 0. The molecule has 1 aliphatic rings. The zero-order valence-corrected chi connectivity index (χ0v) is 39.7. The lowest BCUT2D eigenvalue weighted by Crippen LogP contribution is -2.32. The van der Waals surface area contributed by atoms with E-state index >= 15 is 0 Å². The zero-order valence-electron chi connectivity index (χ0n) is 33.9. The molecule has 0 bridgehead atoms. The Morgan fingerprint density at radius 1 is 0.649 bits per heavy atom. The second-order valence-electron chi connectivity index (χ2n) is 12.0. The minimum Gasteiger partial charge on any atom is -0.359 e. The van der Waals surface area contributed by atoms with Crippen molar-refractivity contribution in [3.8, 4) is 0 Å². The molecule has 18 heteroatoms. The molecule has 0 saturated carbocycles. The minimum atomic E-state index is -0.581. The number of unbranched alkanes of at least 4 members (excludes halogenated alkanes) is 8. The lowest BCUT2D eigenvalue weighted by Gasteiger charge is -2.12. The largest absolute Gasteiger partial charge is 0.359 e. The monoisotopic (exact) mass is 921 g/mol. The van der Waals surface area contributed by atoms with Crippen molar-refractivity contribution in [1.29, 1.82) is 0 Å². The lowest BCUT2D eigenvalue weighted by molar-refractivity contribution is -0.197. The summed E-state index contributed by atoms with van der Waals surface area (Å²) in [7, 11) is 13.2. The number of thiol groups is 1. The van der Waals surface area contributed by atoms with Gasteiger partial charge in [-0.1, -0.05) is 121 Å². The summed E-state index contributed by atoms with van der Waals surface area (Å²) in [5.74, 6) is 3.26. The van der Waals surface area contributed by atoms with Crippen molar-refractivity contribution in [2.75, 3.05) is 42.9 Å². The third kappa shape index (κ3) is 34.8. The highest BCUT2D eigenvalue weighted by Crippen LogP contribution is 2.30. The lowest BCUT2D eigenvalue weighted by atomic mass is 10.2. The Balaban J connectivity index is 0.000000767. The maximum absolute atomic E-state index is 11.5. The van der Waals surface area contributed by atoms with E-state index in [9.17, 15) is 24.0 Å². The van der Waals surface area contributed by atoms with Gasteiger partial charge in [-0.05, 0) is 64.4 Å². The Morgan fingerprint density at radius 2 is 1.11 bits per heavy atom. The number of pyridine rings is 2. The van der Waals surface area contributed by atoms with Crippen LogP contribution >= 0.6 is 77.4 Å². The van der Waals surface area contributed by atoms with Gasteiger partial charge in [-0.2, -0.15) is 12.6 Å². The zero-order chi connectivity index (χ0) is 42.2. The molecule has 2 N–H and O–H groups in total. The number of hydroxylamine groups is 2. The van der Waals surface area contributed by atoms with Gasteiger partial charge in [0.1, 0.15) is 10.1 Å². The van der Waals surface area contributed by atoms with Crippen molar-refractivity contribution in [2.45, 2.75) is 120 Å². The quantitative estimate of drug-likeness (QED) is 0.0356. The smallest absolute Gasteiger partial charge is 0.334 e. The van der Waals surface area contributed by atoms with Crippen LogP contribution in [0.5, 0.6) is 0 Å². The van der Waals surface area contributed by atoms with Crippen molar-refractivity contribution < 1.29 is 28.8 Å². The summed E-state index contributed by atoms with van der Waals surface area (Å²) in [6, 6.07) is 11.4. The van der Waals surface area contributed by atoms with Gasteiger partial charge in [-0.25, -0.2) is 14.8 Å². The number of amides is 4. The fourth-order valence-electron chi connectivity index (χ4n) is 4.04. The molecule has 0 spiro atoms. The number of hydrogen-bond acceptors (Lipinski definition) is 15. The predicted octanol–water partition coefficient (Wildman–Crippen LogP) is 10.1. The number of imide groups is 1. The molecule has 0 radical (unpaired) electrons. The molecule has 57 heavy (non-hydrogen) atoms. The number of nitrogens with one attached hydrogen (secondary N) is 2. The number of nitrogens with zero attached hydrogens (tertiary/aromatic N) is 3. The second-order valence-corrected chi connectivity index (χ2v) is 20.0. The van der Waals surface area contributed by atoms with Gasteiger partial charge in [0.2, 0.25) is 11.8 Å². The van der Waals surface area contributed by atoms with E-state index in [4.69, 9.17) is 4.84 Å². The first kappa shape index (κ1) is 55.3. The minimum absolute atomic E-state index is 0.0825. The molecule has 3 heterocycles. The fourth-order valence-corrected chi connectivity index (χ4v) is 10.1. The normalized spacial score (nSPS) is 11.6. The van der Waals surface area contributed by atoms with Gasteiger partial charge in [0.15, 0.2) is 0 Å². The van der Waals surface area contributed by atoms with Crippen molar-refractivity contribution in [3.05, 3.63) is 48.8 Å². The number of hydrogen-bond donors (Lipinski definition) is 3. The van der Waals surface area contributed by atoms with Gasteiger partial charge < -0.3 is 15.5 Å². The summed E-state index contributed by atoms with van der Waals surface area (Å²) >= 11 is 4.12. The van der Waals surface area contributed by atoms with E-state index in [-0.39, 0.29) is 31.1 Å². The molecule has 2 aromatic heterocycles. The van der Waals surface area contributed by atoms with E-state index in [0.717, 1.165) is 27.3 Å². The topological polar surface area (TPSA) is 148 Å². The molecule has 0 atom stereocenters. The van der Waals surface area contributed by atoms with Crippen LogP contribution in [0, 0.1) is 0 Å². The number of aromatic nitrogens is 2. The molecule has 1 saturated heterocycles. The molecule has 1 fully saturated rings. The first-order chi connectivity index (χ1) is 27.7. The van der Waals surface area contributed by atoms with Crippen LogP contribution in [0.25, 0.3) is 0 Å². The Kier molecular flexibility index (Phi) is 39.8. The highest BCUT2D eigenvalue weighted by atomic mass is 33.1. The van der Waals surface area contributed by atoms with Gasteiger partial charge in [0.05, 0.1) is 6.42 Å². The van der Waals surface area contributed by atoms with Crippen LogP contribution in [-0.2, 0) is 28.8 Å². The van der Waals surface area contributed by atoms with E-state index in [1.54, 1.807) is 48.1 Å². The highest BCUT2D eigenvalue weighted by molar-refractivity contribution is 8.77. The molecule has 0 aliphatic carbocycles. The van der Waals surface area contributed by atoms with Crippen LogP contribution in [0.2, 0.25) is 0 Å². The van der Waals surface area contributed by atoms with E-state index in [1.807, 2.05) is 58.0 Å². The Hall–Kier alpha value is -1.70. The van der Waals surface area contributed by atoms with Crippen molar-refractivity contribution >= 4 is 107 Å². The first-order valence-electron chi connectivity index (χ1n) is 19.5. The van der Waals surface area contributed by atoms with Crippen molar-refractivity contribution in [2.24, 2.45) is 0 Å². The average molecular weight is 922 g/mol. The maximum Gasteiger partial charge on any atom is 0.334 e. The molecule has 0 aromatic carbocycles. The average Bonchev–Trinajstić information content (AvgIpc) is 3.55. The maximum atomic E-state index is 11.5. The van der Waals surface area contributed by atoms with E-state index in [0.29, 0.717) is 23.7 Å². The summed E-state index contributed by atoms with van der Waals surface area (Å²) in [4.78, 5) is 68.8. The van der Waals surface area contributed by atoms with E-state index in [2.05, 4.69) is 47.1 Å². The Morgan fingerprint density at radius 3 is 1.56 bits per heavy atom. The van der Waals surface area contributed by atoms with Gasteiger partial charge in [0, 0.05) is 75.2 Å². The van der Waals surface area contributed by atoms with Crippen LogP contribution in [-0.4, -0.2) is 87.5 Å². The summed E-state index contributed by atoms with van der Waals surface area (Å²) in [6.07, 6.45) is 18.5. The molecule has 0 unspecified atom stereocenters. The van der Waals surface area contributed by atoms with Gasteiger partial charge in [0.25, 0.3) is 11.8 Å². The first-order valence-corrected chi connectivity index (χ1v) is 27.2. The van der Waals surface area contributed by atoms with Crippen molar-refractivity contribution in [1.82, 2.24) is 25.7 Å². The molecule has 1 aliphatic heterocycles. The van der Waals surface area contributed by atoms with Crippen LogP contribution < -0.4 is 10.6 Å². The molecule has 2 aromatic rings. The van der Waals surface area contributed by atoms with Gasteiger partial charge in [-0.3, -0.25) is 19.2 Å². The predicted molar refractivity (Wildman–Crippen MR) is 251 cm³/mol.